The Labute approximate surface area is 130 Å². The molecule has 0 fully saturated rings. The summed E-state index contributed by atoms with van der Waals surface area (Å²) in [5, 5.41) is 2.46. The summed E-state index contributed by atoms with van der Waals surface area (Å²) in [6.07, 6.45) is -0.285. The van der Waals surface area contributed by atoms with Crippen LogP contribution in [-0.2, 0) is 16.0 Å². The summed E-state index contributed by atoms with van der Waals surface area (Å²) in [6.45, 7) is 6.72. The molecule has 1 amide bonds. The predicted molar refractivity (Wildman–Crippen MR) is 82.1 cm³/mol. The van der Waals surface area contributed by atoms with Crippen LogP contribution in [0.5, 0.6) is 0 Å². The van der Waals surface area contributed by atoms with E-state index in [-0.39, 0.29) is 13.0 Å². The summed E-state index contributed by atoms with van der Waals surface area (Å²) in [5.41, 5.74) is 4.60. The van der Waals surface area contributed by atoms with Crippen molar-refractivity contribution >= 4 is 12.4 Å². The number of hydrogen-bond donors (Lipinski definition) is 2. The first-order valence-corrected chi connectivity index (χ1v) is 7.03. The van der Waals surface area contributed by atoms with Gasteiger partial charge in [-0.05, 0) is 44.9 Å². The highest BCUT2D eigenvalue weighted by Gasteiger charge is 2.33. The fraction of sp³-hybridized carbons (Fsp3) is 0.500. The highest BCUT2D eigenvalue weighted by Crippen LogP contribution is 2.17. The Hall–Kier alpha value is -1.95. The minimum atomic E-state index is -1.40. The van der Waals surface area contributed by atoms with E-state index in [0.29, 0.717) is 11.8 Å². The summed E-state index contributed by atoms with van der Waals surface area (Å²) in [5.74, 6) is -0.439. The molecule has 0 saturated heterocycles. The van der Waals surface area contributed by atoms with Crippen molar-refractivity contribution in [3.05, 3.63) is 35.1 Å². The number of hydrogen-bond acceptors (Lipinski definition) is 4. The highest BCUT2D eigenvalue weighted by molar-refractivity contribution is 5.77. The third kappa shape index (κ3) is 5.11. The summed E-state index contributed by atoms with van der Waals surface area (Å²) < 4.78 is 19.1. The molecule has 5 nitrogen and oxygen atoms in total. The van der Waals surface area contributed by atoms with E-state index in [2.05, 4.69) is 5.32 Å². The Morgan fingerprint density at radius 3 is 2.50 bits per heavy atom. The first-order valence-electron chi connectivity index (χ1n) is 7.03. The van der Waals surface area contributed by atoms with Crippen LogP contribution in [0.25, 0.3) is 0 Å². The number of amides is 1. The molecule has 0 heterocycles. The van der Waals surface area contributed by atoms with Crippen LogP contribution in [0.4, 0.5) is 9.18 Å². The molecular formula is C16H23FN2O3. The van der Waals surface area contributed by atoms with Crippen molar-refractivity contribution in [3.8, 4) is 0 Å². The van der Waals surface area contributed by atoms with E-state index in [1.165, 1.54) is 6.07 Å². The van der Waals surface area contributed by atoms with Crippen molar-refractivity contribution in [1.82, 2.24) is 5.32 Å². The van der Waals surface area contributed by atoms with Gasteiger partial charge < -0.3 is 20.6 Å². The van der Waals surface area contributed by atoms with Crippen LogP contribution in [0, 0.1) is 12.7 Å². The normalized spacial score (nSPS) is 14.1. The number of rotatable bonds is 5. The van der Waals surface area contributed by atoms with Crippen LogP contribution in [0.3, 0.4) is 0 Å². The lowest BCUT2D eigenvalue weighted by molar-refractivity contribution is -0.113. The molecule has 1 aromatic rings. The van der Waals surface area contributed by atoms with E-state index in [4.69, 9.17) is 10.5 Å². The molecule has 0 bridgehead atoms. The Bertz CT molecular complexity index is 555. The lowest BCUT2D eigenvalue weighted by atomic mass is 9.91. The molecule has 0 aliphatic rings. The smallest absolute Gasteiger partial charge is 0.408 e. The number of benzene rings is 1. The van der Waals surface area contributed by atoms with Crippen molar-refractivity contribution in [3.63, 3.8) is 0 Å². The highest BCUT2D eigenvalue weighted by atomic mass is 19.1. The van der Waals surface area contributed by atoms with E-state index in [0.717, 1.165) is 5.56 Å². The van der Waals surface area contributed by atoms with Crippen molar-refractivity contribution in [2.24, 2.45) is 5.73 Å². The van der Waals surface area contributed by atoms with Crippen LogP contribution in [0.2, 0.25) is 0 Å². The van der Waals surface area contributed by atoms with Crippen LogP contribution < -0.4 is 11.1 Å². The molecule has 122 valence electrons. The molecule has 0 saturated carbocycles. The van der Waals surface area contributed by atoms with Gasteiger partial charge in [0.2, 0.25) is 0 Å². The number of halogens is 1. The van der Waals surface area contributed by atoms with Crippen molar-refractivity contribution in [1.29, 1.82) is 0 Å². The average molecular weight is 310 g/mol. The Morgan fingerprint density at radius 1 is 1.41 bits per heavy atom. The second-order valence-electron chi connectivity index (χ2n) is 6.38. The molecule has 6 heteroatoms. The summed E-state index contributed by atoms with van der Waals surface area (Å²) in [6, 6.07) is 4.68. The van der Waals surface area contributed by atoms with E-state index < -0.39 is 23.1 Å². The number of ether oxygens (including phenoxy) is 1. The number of carbonyl (C=O) groups excluding carboxylic acids is 2. The number of nitrogens with one attached hydrogen (secondary N) is 1. The fourth-order valence-electron chi connectivity index (χ4n) is 1.93. The monoisotopic (exact) mass is 310 g/mol. The zero-order valence-corrected chi connectivity index (χ0v) is 13.4. The Balaban J connectivity index is 2.96. The number of aldehydes is 1. The van der Waals surface area contributed by atoms with Crippen LogP contribution in [0.15, 0.2) is 18.2 Å². The van der Waals surface area contributed by atoms with Gasteiger partial charge in [0.05, 0.1) is 0 Å². The van der Waals surface area contributed by atoms with Crippen LogP contribution >= 0.6 is 0 Å². The van der Waals surface area contributed by atoms with Gasteiger partial charge >= 0.3 is 6.09 Å². The van der Waals surface area contributed by atoms with Crippen molar-refractivity contribution in [2.45, 2.75) is 45.3 Å². The SMILES string of the molecule is Cc1ccc(CC(C=O)(CN)NC(=O)OC(C)(C)C)c(F)c1. The van der Waals surface area contributed by atoms with Gasteiger partial charge in [-0.3, -0.25) is 0 Å². The standard InChI is InChI=1S/C16H23FN2O3/c1-11-5-6-12(13(17)7-11)8-16(9-18,10-20)19-14(21)22-15(2,3)4/h5-7,10H,8-9,18H2,1-4H3,(H,19,21). The van der Waals surface area contributed by atoms with Gasteiger partial charge in [0.1, 0.15) is 23.2 Å². The third-order valence-electron chi connectivity index (χ3n) is 3.05. The van der Waals surface area contributed by atoms with Gasteiger partial charge in [-0.15, -0.1) is 0 Å². The molecule has 0 aromatic heterocycles. The average Bonchev–Trinajstić information content (AvgIpc) is 2.38. The molecule has 22 heavy (non-hydrogen) atoms. The number of alkyl carbamates (subject to hydrolysis) is 1. The topological polar surface area (TPSA) is 81.4 Å². The van der Waals surface area contributed by atoms with Crippen LogP contribution in [-0.4, -0.2) is 30.1 Å². The maximum atomic E-state index is 14.0. The maximum Gasteiger partial charge on any atom is 0.408 e. The molecule has 1 rings (SSSR count). The fourth-order valence-corrected chi connectivity index (χ4v) is 1.93. The molecule has 3 N–H and O–H groups in total. The van der Waals surface area contributed by atoms with Crippen molar-refractivity contribution < 1.29 is 18.7 Å². The Kier molecular flexibility index (Phi) is 5.65. The molecule has 1 atom stereocenters. The number of nitrogens with two attached hydrogens (primary N) is 1. The lowest BCUT2D eigenvalue weighted by Crippen LogP contribution is -2.57. The van der Waals surface area contributed by atoms with Gasteiger partial charge in [-0.25, -0.2) is 9.18 Å². The lowest BCUT2D eigenvalue weighted by Gasteiger charge is -2.30. The van der Waals surface area contributed by atoms with Gasteiger partial charge in [0, 0.05) is 13.0 Å². The number of carbonyl (C=O) groups is 2. The summed E-state index contributed by atoms with van der Waals surface area (Å²) in [7, 11) is 0. The van der Waals surface area contributed by atoms with Gasteiger partial charge in [-0.2, -0.15) is 0 Å². The molecule has 1 aromatic carbocycles. The third-order valence-corrected chi connectivity index (χ3v) is 3.05. The van der Waals surface area contributed by atoms with Crippen LogP contribution in [0.1, 0.15) is 31.9 Å². The second-order valence-corrected chi connectivity index (χ2v) is 6.38. The zero-order chi connectivity index (χ0) is 17.0. The quantitative estimate of drug-likeness (QED) is 0.816. The van der Waals surface area contributed by atoms with Gasteiger partial charge in [0.25, 0.3) is 0 Å². The first-order chi connectivity index (χ1) is 10.1. The molecular weight excluding hydrogens is 287 g/mol. The first kappa shape index (κ1) is 18.1. The number of aryl methyl sites for hydroxylation is 1. The summed E-state index contributed by atoms with van der Waals surface area (Å²) in [4.78, 5) is 23.3. The van der Waals surface area contributed by atoms with E-state index in [1.807, 2.05) is 0 Å². The van der Waals surface area contributed by atoms with Gasteiger partial charge in [-0.1, -0.05) is 12.1 Å². The van der Waals surface area contributed by atoms with E-state index in [9.17, 15) is 14.0 Å². The molecule has 0 spiro atoms. The van der Waals surface area contributed by atoms with Crippen molar-refractivity contribution in [2.75, 3.05) is 6.54 Å². The molecule has 1 unspecified atom stereocenters. The van der Waals surface area contributed by atoms with E-state index in [1.54, 1.807) is 39.8 Å². The minimum Gasteiger partial charge on any atom is -0.444 e. The minimum absolute atomic E-state index is 0.0433. The maximum absolute atomic E-state index is 14.0. The predicted octanol–water partition coefficient (Wildman–Crippen LogP) is 2.10. The summed E-state index contributed by atoms with van der Waals surface area (Å²) >= 11 is 0. The van der Waals surface area contributed by atoms with E-state index >= 15 is 0 Å². The molecule has 0 aliphatic heterocycles. The molecule has 0 aliphatic carbocycles. The van der Waals surface area contributed by atoms with Gasteiger partial charge in [0.15, 0.2) is 0 Å². The largest absolute Gasteiger partial charge is 0.444 e. The second kappa shape index (κ2) is 6.87. The zero-order valence-electron chi connectivity index (χ0n) is 13.4. The molecule has 0 radical (unpaired) electrons. The Morgan fingerprint density at radius 2 is 2.05 bits per heavy atom.